The lowest BCUT2D eigenvalue weighted by Crippen LogP contribution is -2.37. The fraction of sp³-hybridized carbons (Fsp3) is 0.881. The minimum atomic E-state index is -4.63. The van der Waals surface area contributed by atoms with Gasteiger partial charge in [-0.1, -0.05) is 301 Å². The summed E-state index contributed by atoms with van der Waals surface area (Å²) < 4.78 is 34.2. The molecule has 0 aromatic heterocycles. The van der Waals surface area contributed by atoms with Gasteiger partial charge in [-0.2, -0.15) is 0 Å². The molecule has 0 aromatic rings. The Bertz CT molecular complexity index is 1390. The van der Waals surface area contributed by atoms with E-state index in [9.17, 15) is 19.0 Å². The number of hydrogen-bond acceptors (Lipinski definition) is 8. The monoisotopic (exact) mass is 1110 g/mol. The molecule has 77 heavy (non-hydrogen) atoms. The van der Waals surface area contributed by atoms with E-state index in [-0.39, 0.29) is 32.0 Å². The third-order valence-corrected chi connectivity index (χ3v) is 15.9. The summed E-state index contributed by atoms with van der Waals surface area (Å²) in [5.74, 6) is -0.814. The minimum absolute atomic E-state index is 0.0271. The maximum Gasteiger partial charge on any atom is 0.306 e. The molecule has 0 bridgehead atoms. The summed E-state index contributed by atoms with van der Waals surface area (Å²) in [6.45, 7) is 4.28. The van der Waals surface area contributed by atoms with Gasteiger partial charge in [0, 0.05) is 12.8 Å². The Morgan fingerprint density at radius 2 is 0.701 bits per heavy atom. The van der Waals surface area contributed by atoms with Crippen LogP contribution in [0.4, 0.5) is 0 Å². The highest BCUT2D eigenvalue weighted by Gasteiger charge is 2.22. The van der Waals surface area contributed by atoms with Crippen molar-refractivity contribution in [2.24, 2.45) is 0 Å². The van der Waals surface area contributed by atoms with Gasteiger partial charge in [-0.05, 0) is 51.4 Å². The van der Waals surface area contributed by atoms with Gasteiger partial charge in [0.2, 0.25) is 0 Å². The predicted octanol–water partition coefficient (Wildman–Crippen LogP) is 20.5. The van der Waals surface area contributed by atoms with Crippen molar-refractivity contribution < 1.29 is 42.1 Å². The largest absolute Gasteiger partial charge is 0.756 e. The SMILES string of the molecule is CCCCCCC/C=C\C/C=C\C/C=C\CCCCCCCCCCCCCCCCCCCCCCCCCCC(=O)OC(COC(=O)CCCCCCCCCCCCCCCC)COP(=O)([O-])OCC[N+](C)(C)C. The van der Waals surface area contributed by atoms with Crippen molar-refractivity contribution in [1.29, 1.82) is 0 Å². The normalized spacial score (nSPS) is 13.4. The van der Waals surface area contributed by atoms with Gasteiger partial charge in [-0.3, -0.25) is 14.2 Å². The predicted molar refractivity (Wildman–Crippen MR) is 328 cm³/mol. The van der Waals surface area contributed by atoms with Crippen molar-refractivity contribution in [2.45, 2.75) is 335 Å². The third-order valence-electron chi connectivity index (χ3n) is 14.9. The fourth-order valence-corrected chi connectivity index (χ4v) is 10.5. The number of hydrogen-bond donors (Lipinski definition) is 0. The summed E-state index contributed by atoms with van der Waals surface area (Å²) >= 11 is 0. The lowest BCUT2D eigenvalue weighted by Gasteiger charge is -2.28. The van der Waals surface area contributed by atoms with Gasteiger partial charge >= 0.3 is 11.9 Å². The first-order chi connectivity index (χ1) is 37.5. The van der Waals surface area contributed by atoms with Crippen LogP contribution in [0.5, 0.6) is 0 Å². The summed E-state index contributed by atoms with van der Waals surface area (Å²) in [7, 11) is 1.19. The molecule has 0 saturated carbocycles. The van der Waals surface area contributed by atoms with Gasteiger partial charge in [-0.25, -0.2) is 0 Å². The zero-order chi connectivity index (χ0) is 56.3. The van der Waals surface area contributed by atoms with Gasteiger partial charge in [0.15, 0.2) is 6.10 Å². The zero-order valence-corrected chi connectivity index (χ0v) is 52.6. The van der Waals surface area contributed by atoms with Gasteiger partial charge < -0.3 is 27.9 Å². The molecular formula is C67H128NO8P. The molecule has 0 rings (SSSR count). The summed E-state index contributed by atoms with van der Waals surface area (Å²) in [6.07, 6.45) is 73.8. The molecule has 0 spiro atoms. The highest BCUT2D eigenvalue weighted by atomic mass is 31.2. The molecule has 0 heterocycles. The maximum absolute atomic E-state index is 12.8. The molecule has 2 unspecified atom stereocenters. The average molecular weight is 1110 g/mol. The summed E-state index contributed by atoms with van der Waals surface area (Å²) in [5, 5.41) is 0. The molecule has 0 radical (unpaired) electrons. The lowest BCUT2D eigenvalue weighted by atomic mass is 10.0. The van der Waals surface area contributed by atoms with Crippen LogP contribution >= 0.6 is 7.82 Å². The van der Waals surface area contributed by atoms with E-state index in [4.69, 9.17) is 18.5 Å². The molecule has 10 heteroatoms. The Morgan fingerprint density at radius 3 is 1.04 bits per heavy atom. The van der Waals surface area contributed by atoms with Gasteiger partial charge in [0.25, 0.3) is 7.82 Å². The number of phosphoric acid groups is 1. The van der Waals surface area contributed by atoms with E-state index in [1.54, 1.807) is 0 Å². The Kier molecular flexibility index (Phi) is 57.5. The van der Waals surface area contributed by atoms with Crippen molar-refractivity contribution in [3.05, 3.63) is 36.5 Å². The maximum atomic E-state index is 12.8. The second kappa shape index (κ2) is 58.9. The van der Waals surface area contributed by atoms with E-state index < -0.39 is 26.5 Å². The molecule has 9 nitrogen and oxygen atoms in total. The molecule has 0 N–H and O–H groups in total. The number of likely N-dealkylation sites (N-methyl/N-ethyl adjacent to an activating group) is 1. The van der Waals surface area contributed by atoms with Crippen LogP contribution in [0.25, 0.3) is 0 Å². The number of allylic oxidation sites excluding steroid dienone is 6. The molecule has 0 aromatic carbocycles. The minimum Gasteiger partial charge on any atom is -0.756 e. The standard InChI is InChI=1S/C67H128NO8P/c1-6-8-10-12-14-16-18-20-22-23-24-25-26-27-28-29-30-31-32-33-34-35-36-37-38-39-40-41-42-43-44-45-46-48-50-52-54-56-58-60-67(70)76-65(64-75-77(71,72)74-62-61-68(3,4)5)63-73-66(69)59-57-55-53-51-49-47-21-19-17-15-13-11-9-7-2/h18,20,23-24,26-27,65H,6-17,19,21-22,25,28-64H2,1-5H3/b20-18-,24-23-,27-26-. The van der Waals surface area contributed by atoms with E-state index in [1.165, 1.54) is 250 Å². The first-order valence-corrected chi connectivity index (χ1v) is 34.7. The Labute approximate surface area is 478 Å². The first kappa shape index (κ1) is 75.2. The van der Waals surface area contributed by atoms with Crippen LogP contribution in [-0.4, -0.2) is 70.0 Å². The van der Waals surface area contributed by atoms with Crippen molar-refractivity contribution >= 4 is 19.8 Å². The number of carbonyl (C=O) groups is 2. The second-order valence-corrected chi connectivity index (χ2v) is 25.3. The van der Waals surface area contributed by atoms with E-state index in [0.29, 0.717) is 17.4 Å². The summed E-state index contributed by atoms with van der Waals surface area (Å²) in [6, 6.07) is 0. The van der Waals surface area contributed by atoms with Crippen molar-refractivity contribution in [3.63, 3.8) is 0 Å². The Morgan fingerprint density at radius 1 is 0.403 bits per heavy atom. The van der Waals surface area contributed by atoms with Crippen molar-refractivity contribution in [2.75, 3.05) is 47.5 Å². The highest BCUT2D eigenvalue weighted by molar-refractivity contribution is 7.45. The first-order valence-electron chi connectivity index (χ1n) is 33.2. The summed E-state index contributed by atoms with van der Waals surface area (Å²) in [4.78, 5) is 37.9. The van der Waals surface area contributed by atoms with Crippen molar-refractivity contribution in [1.82, 2.24) is 0 Å². The fourth-order valence-electron chi connectivity index (χ4n) is 9.79. The number of esters is 2. The van der Waals surface area contributed by atoms with Crippen LogP contribution in [0.1, 0.15) is 328 Å². The second-order valence-electron chi connectivity index (χ2n) is 23.8. The summed E-state index contributed by atoms with van der Waals surface area (Å²) in [5.41, 5.74) is 0. The highest BCUT2D eigenvalue weighted by Crippen LogP contribution is 2.38. The molecule has 0 aliphatic heterocycles. The Balaban J connectivity index is 3.88. The molecular weight excluding hydrogens is 978 g/mol. The van der Waals surface area contributed by atoms with Gasteiger partial charge in [0.1, 0.15) is 19.8 Å². The van der Waals surface area contributed by atoms with E-state index in [1.807, 2.05) is 21.1 Å². The number of quaternary nitrogens is 1. The van der Waals surface area contributed by atoms with Crippen LogP contribution in [0.3, 0.4) is 0 Å². The zero-order valence-electron chi connectivity index (χ0n) is 51.7. The molecule has 0 aliphatic rings. The number of phosphoric ester groups is 1. The van der Waals surface area contributed by atoms with Crippen LogP contribution in [0.15, 0.2) is 36.5 Å². The average Bonchev–Trinajstić information content (AvgIpc) is 3.39. The van der Waals surface area contributed by atoms with Crippen LogP contribution in [0, 0.1) is 0 Å². The number of carbonyl (C=O) groups excluding carboxylic acids is 2. The van der Waals surface area contributed by atoms with E-state index in [2.05, 4.69) is 50.3 Å². The van der Waals surface area contributed by atoms with Crippen LogP contribution in [0.2, 0.25) is 0 Å². The van der Waals surface area contributed by atoms with Crippen LogP contribution < -0.4 is 4.89 Å². The molecule has 0 aliphatic carbocycles. The molecule has 0 fully saturated rings. The number of ether oxygens (including phenoxy) is 2. The van der Waals surface area contributed by atoms with E-state index >= 15 is 0 Å². The van der Waals surface area contributed by atoms with Gasteiger partial charge in [-0.15, -0.1) is 0 Å². The molecule has 0 saturated heterocycles. The quantitative estimate of drug-likeness (QED) is 0.0195. The van der Waals surface area contributed by atoms with Crippen LogP contribution in [-0.2, 0) is 32.7 Å². The molecule has 454 valence electrons. The Hall–Kier alpha value is -1.77. The van der Waals surface area contributed by atoms with Crippen molar-refractivity contribution in [3.8, 4) is 0 Å². The number of nitrogens with zero attached hydrogens (tertiary/aromatic N) is 1. The molecule has 0 amide bonds. The molecule has 2 atom stereocenters. The lowest BCUT2D eigenvalue weighted by molar-refractivity contribution is -0.870. The number of rotatable bonds is 62. The smallest absolute Gasteiger partial charge is 0.306 e. The van der Waals surface area contributed by atoms with E-state index in [0.717, 1.165) is 44.9 Å². The topological polar surface area (TPSA) is 111 Å². The number of unbranched alkanes of at least 4 members (excludes halogenated alkanes) is 42. The van der Waals surface area contributed by atoms with Gasteiger partial charge in [0.05, 0.1) is 27.7 Å². The third kappa shape index (κ3) is 63.3.